The normalized spacial score (nSPS) is 26.1. The van der Waals surface area contributed by atoms with Crippen LogP contribution in [0.5, 0.6) is 0 Å². The van der Waals surface area contributed by atoms with Gasteiger partial charge >= 0.3 is 0 Å². The van der Waals surface area contributed by atoms with Gasteiger partial charge in [0.1, 0.15) is 42.0 Å². The Morgan fingerprint density at radius 3 is 2.45 bits per heavy atom. The molecule has 2 aliphatic rings. The molecular weight excluding hydrogens is 538 g/mol. The second-order valence-corrected chi connectivity index (χ2v) is 11.7. The van der Waals surface area contributed by atoms with Crippen molar-refractivity contribution in [3.63, 3.8) is 0 Å². The molecule has 2 fully saturated rings. The summed E-state index contributed by atoms with van der Waals surface area (Å²) >= 11 is 0. The van der Waals surface area contributed by atoms with E-state index in [-0.39, 0.29) is 5.76 Å². The SMILES string of the molecule is N#C/C(=C\c1ccc(-c2ccc3cc(N4CCCCC4)ccc3c2)o1)S(=O)(=O)NCC1OC(O)[C@H](O)[C@@H](O)[C@@H]1O. The molecule has 1 aromatic heterocycles. The second-order valence-electron chi connectivity index (χ2n) is 10.0. The number of aliphatic hydroxyl groups excluding tert-OH is 4. The third-order valence-corrected chi connectivity index (χ3v) is 8.63. The van der Waals surface area contributed by atoms with E-state index in [4.69, 9.17) is 9.15 Å². The molecule has 212 valence electrons. The third kappa shape index (κ3) is 5.91. The van der Waals surface area contributed by atoms with E-state index in [2.05, 4.69) is 27.8 Å². The van der Waals surface area contributed by atoms with Gasteiger partial charge in [-0.3, -0.25) is 0 Å². The summed E-state index contributed by atoms with van der Waals surface area (Å²) in [5.74, 6) is 0.636. The molecule has 0 aliphatic carbocycles. The molecule has 5 rings (SSSR count). The van der Waals surface area contributed by atoms with Crippen molar-refractivity contribution in [2.75, 3.05) is 24.5 Å². The fourth-order valence-corrected chi connectivity index (χ4v) is 5.92. The molecule has 0 radical (unpaired) electrons. The van der Waals surface area contributed by atoms with Crippen LogP contribution < -0.4 is 9.62 Å². The number of nitrogens with zero attached hydrogens (tertiary/aromatic N) is 2. The molecule has 0 saturated carbocycles. The van der Waals surface area contributed by atoms with Crippen LogP contribution in [0, 0.1) is 11.3 Å². The lowest BCUT2D eigenvalue weighted by Gasteiger charge is -2.38. The topological polar surface area (TPSA) is 176 Å². The van der Waals surface area contributed by atoms with Gasteiger partial charge in [-0.15, -0.1) is 0 Å². The molecule has 2 aromatic carbocycles. The van der Waals surface area contributed by atoms with Gasteiger partial charge in [0.05, 0.1) is 0 Å². The Balaban J connectivity index is 1.29. The number of sulfonamides is 1. The third-order valence-electron chi connectivity index (χ3n) is 7.29. The molecule has 0 bridgehead atoms. The lowest BCUT2D eigenvalue weighted by atomic mass is 9.99. The predicted octanol–water partition coefficient (Wildman–Crippen LogP) is 1.67. The molecule has 5 atom stereocenters. The number of benzene rings is 2. The number of anilines is 1. The first kappa shape index (κ1) is 28.3. The van der Waals surface area contributed by atoms with Crippen LogP contribution in [0.1, 0.15) is 25.0 Å². The van der Waals surface area contributed by atoms with Crippen LogP contribution in [0.3, 0.4) is 0 Å². The van der Waals surface area contributed by atoms with Gasteiger partial charge in [0.15, 0.2) is 11.2 Å². The van der Waals surface area contributed by atoms with Gasteiger partial charge in [-0.25, -0.2) is 13.1 Å². The molecule has 3 heterocycles. The molecule has 11 nitrogen and oxygen atoms in total. The number of aliphatic hydroxyl groups is 4. The van der Waals surface area contributed by atoms with E-state index < -0.39 is 52.2 Å². The number of allylic oxidation sites excluding steroid dienone is 1. The molecule has 5 N–H and O–H groups in total. The summed E-state index contributed by atoms with van der Waals surface area (Å²) in [6.45, 7) is 1.56. The van der Waals surface area contributed by atoms with Crippen LogP contribution in [0.2, 0.25) is 0 Å². The number of nitrogens with one attached hydrogen (secondary N) is 1. The van der Waals surface area contributed by atoms with E-state index >= 15 is 0 Å². The number of hydrogen-bond donors (Lipinski definition) is 5. The van der Waals surface area contributed by atoms with E-state index in [1.807, 2.05) is 18.2 Å². The van der Waals surface area contributed by atoms with Crippen molar-refractivity contribution in [3.8, 4) is 17.4 Å². The van der Waals surface area contributed by atoms with E-state index in [1.165, 1.54) is 24.9 Å². The molecule has 12 heteroatoms. The summed E-state index contributed by atoms with van der Waals surface area (Å²) in [6, 6.07) is 17.2. The fraction of sp³-hybridized carbons (Fsp3) is 0.393. The Bertz CT molecular complexity index is 1540. The standard InChI is InChI=1S/C28H31N3O8S/c29-15-22(40(36,37)30-16-24-25(32)26(33)27(34)28(35)39-24)14-21-8-9-23(38-21)19-5-4-18-13-20(7-6-17(18)12-19)31-10-2-1-3-11-31/h4-9,12-14,24-28,30,32-35H,1-3,10-11,16H2/b22-14+/t24?,25-,26+,27-,28?/m1/s1. The van der Waals surface area contributed by atoms with Crippen molar-refractivity contribution in [1.82, 2.24) is 4.72 Å². The van der Waals surface area contributed by atoms with Gasteiger partial charge in [0.2, 0.25) is 0 Å². The van der Waals surface area contributed by atoms with Gasteiger partial charge in [0, 0.05) is 37.0 Å². The predicted molar refractivity (Wildman–Crippen MR) is 147 cm³/mol. The average molecular weight is 570 g/mol. The molecule has 2 aliphatic heterocycles. The number of furan rings is 1. The zero-order valence-corrected chi connectivity index (χ0v) is 22.4. The fourth-order valence-electron chi connectivity index (χ4n) is 4.99. The maximum atomic E-state index is 12.7. The van der Waals surface area contributed by atoms with Crippen molar-refractivity contribution < 1.29 is 38.0 Å². The highest BCUT2D eigenvalue weighted by Crippen LogP contribution is 2.30. The molecular formula is C28H31N3O8S. The van der Waals surface area contributed by atoms with E-state index in [0.717, 1.165) is 35.5 Å². The van der Waals surface area contributed by atoms with Gasteiger partial charge in [-0.1, -0.05) is 18.2 Å². The van der Waals surface area contributed by atoms with Crippen molar-refractivity contribution >= 4 is 32.6 Å². The van der Waals surface area contributed by atoms with Crippen LogP contribution in [-0.4, -0.2) is 79.2 Å². The summed E-state index contributed by atoms with van der Waals surface area (Å²) in [4.78, 5) is 1.75. The first-order valence-electron chi connectivity index (χ1n) is 13.0. The number of piperidine rings is 1. The summed E-state index contributed by atoms with van der Waals surface area (Å²) in [7, 11) is -4.37. The summed E-state index contributed by atoms with van der Waals surface area (Å²) < 4.78 is 38.4. The van der Waals surface area contributed by atoms with E-state index in [0.29, 0.717) is 5.76 Å². The lowest BCUT2D eigenvalue weighted by Crippen LogP contribution is -2.59. The highest BCUT2D eigenvalue weighted by molar-refractivity contribution is 7.93. The van der Waals surface area contributed by atoms with Crippen molar-refractivity contribution in [2.45, 2.75) is 50.0 Å². The molecule has 40 heavy (non-hydrogen) atoms. The second kappa shape index (κ2) is 11.7. The minimum absolute atomic E-state index is 0.139. The van der Waals surface area contributed by atoms with Gasteiger partial charge in [-0.05, 0) is 60.4 Å². The molecule has 3 aromatic rings. The Kier molecular flexibility index (Phi) is 8.25. The smallest absolute Gasteiger partial charge is 0.250 e. The zero-order chi connectivity index (χ0) is 28.4. The Morgan fingerprint density at radius 2 is 1.70 bits per heavy atom. The van der Waals surface area contributed by atoms with Crippen LogP contribution >= 0.6 is 0 Å². The van der Waals surface area contributed by atoms with E-state index in [9.17, 15) is 34.1 Å². The zero-order valence-electron chi connectivity index (χ0n) is 21.6. The number of fused-ring (bicyclic) bond motifs is 1. The maximum absolute atomic E-state index is 12.7. The minimum Gasteiger partial charge on any atom is -0.457 e. The number of ether oxygens (including phenoxy) is 1. The highest BCUT2D eigenvalue weighted by atomic mass is 32.2. The van der Waals surface area contributed by atoms with Crippen molar-refractivity contribution in [1.29, 1.82) is 5.26 Å². The molecule has 2 unspecified atom stereocenters. The molecule has 2 saturated heterocycles. The monoisotopic (exact) mass is 569 g/mol. The van der Waals surface area contributed by atoms with Crippen LogP contribution in [-0.2, 0) is 14.8 Å². The Hall–Kier alpha value is -3.28. The number of nitriles is 1. The highest BCUT2D eigenvalue weighted by Gasteiger charge is 2.43. The number of rotatable bonds is 7. The van der Waals surface area contributed by atoms with Crippen LogP contribution in [0.4, 0.5) is 5.69 Å². The van der Waals surface area contributed by atoms with Crippen molar-refractivity contribution in [3.05, 3.63) is 59.2 Å². The largest absolute Gasteiger partial charge is 0.457 e. The number of hydrogen-bond acceptors (Lipinski definition) is 10. The van der Waals surface area contributed by atoms with Crippen molar-refractivity contribution in [2.24, 2.45) is 0 Å². The molecule has 0 amide bonds. The Labute approximate surface area is 231 Å². The van der Waals surface area contributed by atoms with Crippen LogP contribution in [0.25, 0.3) is 28.2 Å². The quantitative estimate of drug-likeness (QED) is 0.263. The summed E-state index contributed by atoms with van der Waals surface area (Å²) in [5, 5.41) is 50.7. The average Bonchev–Trinajstić information content (AvgIpc) is 3.44. The van der Waals surface area contributed by atoms with Gasteiger partial charge in [0.25, 0.3) is 10.0 Å². The maximum Gasteiger partial charge on any atom is 0.250 e. The first-order valence-corrected chi connectivity index (χ1v) is 14.5. The minimum atomic E-state index is -4.37. The van der Waals surface area contributed by atoms with E-state index in [1.54, 1.807) is 18.2 Å². The van der Waals surface area contributed by atoms with Gasteiger partial charge < -0.3 is 34.5 Å². The Morgan fingerprint density at radius 1 is 0.975 bits per heavy atom. The van der Waals surface area contributed by atoms with Crippen LogP contribution in [0.15, 0.2) is 57.9 Å². The van der Waals surface area contributed by atoms with Gasteiger partial charge in [-0.2, -0.15) is 5.26 Å². The first-order chi connectivity index (χ1) is 19.2. The summed E-state index contributed by atoms with van der Waals surface area (Å²) in [5.41, 5.74) is 2.00. The molecule has 0 spiro atoms. The lowest BCUT2D eigenvalue weighted by molar-refractivity contribution is -0.279. The summed E-state index contributed by atoms with van der Waals surface area (Å²) in [6.07, 6.45) is -3.57.